The molecular formula is C11H15Br2NO3S. The maximum Gasteiger partial charge on any atom is 0.264 e. The van der Waals surface area contributed by atoms with E-state index in [9.17, 15) is 4.79 Å². The van der Waals surface area contributed by atoms with E-state index >= 15 is 0 Å². The Kier molecular flexibility index (Phi) is 7.40. The minimum atomic E-state index is 0.000463. The van der Waals surface area contributed by atoms with Gasteiger partial charge in [0, 0.05) is 31.8 Å². The largest absolute Gasteiger partial charge is 0.383 e. The molecule has 1 amide bonds. The zero-order valence-corrected chi connectivity index (χ0v) is 14.2. The van der Waals surface area contributed by atoms with Crippen molar-refractivity contribution in [3.8, 4) is 0 Å². The standard InChI is InChI=1S/C11H15Br2NO3S/c1-16-5-3-14(4-6-17-2)11(15)9-7-8(12)10(13)18-9/h7H,3-6H2,1-2H3. The van der Waals surface area contributed by atoms with Gasteiger partial charge in [-0.3, -0.25) is 4.79 Å². The molecule has 7 heteroatoms. The average Bonchev–Trinajstić information content (AvgIpc) is 2.69. The summed E-state index contributed by atoms with van der Waals surface area (Å²) in [5.74, 6) is 0.000463. The fourth-order valence-corrected chi connectivity index (χ4v) is 3.33. The minimum absolute atomic E-state index is 0.000463. The Morgan fingerprint density at radius 2 is 1.83 bits per heavy atom. The molecule has 0 aromatic carbocycles. The number of hydrogen-bond acceptors (Lipinski definition) is 4. The molecule has 0 atom stereocenters. The summed E-state index contributed by atoms with van der Waals surface area (Å²) in [7, 11) is 3.24. The third-order valence-corrected chi connectivity index (χ3v) is 5.52. The second-order valence-electron chi connectivity index (χ2n) is 3.51. The number of nitrogens with zero attached hydrogens (tertiary/aromatic N) is 1. The normalized spacial score (nSPS) is 10.7. The Balaban J connectivity index is 2.73. The molecule has 1 aromatic rings. The first-order valence-electron chi connectivity index (χ1n) is 5.32. The van der Waals surface area contributed by atoms with Crippen LogP contribution in [0.2, 0.25) is 0 Å². The number of rotatable bonds is 7. The highest BCUT2D eigenvalue weighted by atomic mass is 79.9. The summed E-state index contributed by atoms with van der Waals surface area (Å²) in [5, 5.41) is 0. The molecule has 0 unspecified atom stereocenters. The zero-order valence-electron chi connectivity index (χ0n) is 10.2. The van der Waals surface area contributed by atoms with Crippen molar-refractivity contribution in [1.82, 2.24) is 4.90 Å². The SMILES string of the molecule is COCCN(CCOC)C(=O)c1cc(Br)c(Br)s1. The van der Waals surface area contributed by atoms with Crippen LogP contribution in [0.25, 0.3) is 0 Å². The van der Waals surface area contributed by atoms with E-state index in [1.807, 2.05) is 6.07 Å². The Labute approximate surface area is 128 Å². The Bertz CT molecular complexity index is 370. The highest BCUT2D eigenvalue weighted by Crippen LogP contribution is 2.32. The van der Waals surface area contributed by atoms with Crippen LogP contribution in [0.3, 0.4) is 0 Å². The van der Waals surface area contributed by atoms with Gasteiger partial charge in [-0.1, -0.05) is 0 Å². The van der Waals surface area contributed by atoms with Crippen molar-refractivity contribution < 1.29 is 14.3 Å². The summed E-state index contributed by atoms with van der Waals surface area (Å²) in [4.78, 5) is 14.7. The van der Waals surface area contributed by atoms with Crippen molar-refractivity contribution in [2.45, 2.75) is 0 Å². The van der Waals surface area contributed by atoms with Crippen LogP contribution in [0.4, 0.5) is 0 Å². The van der Waals surface area contributed by atoms with E-state index in [0.29, 0.717) is 31.2 Å². The second kappa shape index (κ2) is 8.27. The lowest BCUT2D eigenvalue weighted by Gasteiger charge is -2.21. The minimum Gasteiger partial charge on any atom is -0.383 e. The van der Waals surface area contributed by atoms with Crippen LogP contribution in [-0.2, 0) is 9.47 Å². The van der Waals surface area contributed by atoms with Gasteiger partial charge in [0.05, 0.1) is 21.9 Å². The lowest BCUT2D eigenvalue weighted by atomic mass is 10.4. The molecule has 18 heavy (non-hydrogen) atoms. The van der Waals surface area contributed by atoms with Crippen LogP contribution in [0.1, 0.15) is 9.67 Å². The van der Waals surface area contributed by atoms with Gasteiger partial charge in [-0.2, -0.15) is 0 Å². The van der Waals surface area contributed by atoms with Gasteiger partial charge in [-0.05, 0) is 37.9 Å². The van der Waals surface area contributed by atoms with E-state index in [4.69, 9.17) is 9.47 Å². The maximum absolute atomic E-state index is 12.3. The number of hydrogen-bond donors (Lipinski definition) is 0. The molecule has 0 aliphatic rings. The number of carbonyl (C=O) groups is 1. The number of methoxy groups -OCH3 is 2. The average molecular weight is 401 g/mol. The van der Waals surface area contributed by atoms with E-state index in [1.54, 1.807) is 19.1 Å². The van der Waals surface area contributed by atoms with E-state index < -0.39 is 0 Å². The topological polar surface area (TPSA) is 38.8 Å². The van der Waals surface area contributed by atoms with Crippen molar-refractivity contribution in [1.29, 1.82) is 0 Å². The highest BCUT2D eigenvalue weighted by molar-refractivity contribution is 9.13. The molecule has 1 aromatic heterocycles. The Hall–Kier alpha value is 0.0500. The smallest absolute Gasteiger partial charge is 0.264 e. The van der Waals surface area contributed by atoms with E-state index in [-0.39, 0.29) is 5.91 Å². The number of ether oxygens (including phenoxy) is 2. The number of amides is 1. The van der Waals surface area contributed by atoms with Crippen LogP contribution in [0, 0.1) is 0 Å². The van der Waals surface area contributed by atoms with Crippen LogP contribution < -0.4 is 0 Å². The van der Waals surface area contributed by atoms with E-state index in [2.05, 4.69) is 31.9 Å². The van der Waals surface area contributed by atoms with Gasteiger partial charge in [0.15, 0.2) is 0 Å². The molecule has 0 N–H and O–H groups in total. The predicted octanol–water partition coefficient (Wildman–Crippen LogP) is 3.01. The van der Waals surface area contributed by atoms with E-state index in [0.717, 1.165) is 8.26 Å². The predicted molar refractivity (Wildman–Crippen MR) is 79.4 cm³/mol. The molecule has 0 fully saturated rings. The molecule has 1 heterocycles. The molecule has 0 spiro atoms. The van der Waals surface area contributed by atoms with Gasteiger partial charge in [-0.25, -0.2) is 0 Å². The van der Waals surface area contributed by atoms with Crippen molar-refractivity contribution in [2.24, 2.45) is 0 Å². The van der Waals surface area contributed by atoms with Gasteiger partial charge in [0.25, 0.3) is 5.91 Å². The van der Waals surface area contributed by atoms with Crippen molar-refractivity contribution >= 4 is 49.1 Å². The second-order valence-corrected chi connectivity index (χ2v) is 6.73. The van der Waals surface area contributed by atoms with Crippen molar-refractivity contribution in [3.05, 3.63) is 19.2 Å². The fraction of sp³-hybridized carbons (Fsp3) is 0.545. The summed E-state index contributed by atoms with van der Waals surface area (Å²) in [6.07, 6.45) is 0. The Morgan fingerprint density at radius 3 is 2.22 bits per heavy atom. The zero-order chi connectivity index (χ0) is 13.5. The van der Waals surface area contributed by atoms with E-state index in [1.165, 1.54) is 11.3 Å². The monoisotopic (exact) mass is 399 g/mol. The maximum atomic E-state index is 12.3. The van der Waals surface area contributed by atoms with Gasteiger partial charge in [-0.15, -0.1) is 11.3 Å². The number of carbonyl (C=O) groups excluding carboxylic acids is 1. The summed E-state index contributed by atoms with van der Waals surface area (Å²) in [5.41, 5.74) is 0. The highest BCUT2D eigenvalue weighted by Gasteiger charge is 2.18. The first-order chi connectivity index (χ1) is 8.60. The molecule has 0 saturated heterocycles. The van der Waals surface area contributed by atoms with Crippen LogP contribution in [0.15, 0.2) is 14.3 Å². The molecule has 0 aliphatic heterocycles. The van der Waals surface area contributed by atoms with Crippen LogP contribution >= 0.6 is 43.2 Å². The summed E-state index contributed by atoms with van der Waals surface area (Å²) in [6, 6.07) is 1.82. The van der Waals surface area contributed by atoms with Crippen molar-refractivity contribution in [3.63, 3.8) is 0 Å². The van der Waals surface area contributed by atoms with Crippen LogP contribution in [0.5, 0.6) is 0 Å². The molecular weight excluding hydrogens is 386 g/mol. The molecule has 0 aliphatic carbocycles. The molecule has 4 nitrogen and oxygen atoms in total. The summed E-state index contributed by atoms with van der Waals surface area (Å²) >= 11 is 8.19. The third-order valence-electron chi connectivity index (χ3n) is 2.27. The van der Waals surface area contributed by atoms with Gasteiger partial charge in [0.1, 0.15) is 0 Å². The Morgan fingerprint density at radius 1 is 1.28 bits per heavy atom. The van der Waals surface area contributed by atoms with Crippen LogP contribution in [-0.4, -0.2) is 51.3 Å². The van der Waals surface area contributed by atoms with Gasteiger partial charge >= 0.3 is 0 Å². The summed E-state index contributed by atoms with van der Waals surface area (Å²) < 4.78 is 11.9. The molecule has 0 saturated carbocycles. The third kappa shape index (κ3) is 4.62. The number of thiophene rings is 1. The molecule has 0 bridgehead atoms. The molecule has 102 valence electrons. The number of halogens is 2. The van der Waals surface area contributed by atoms with Crippen molar-refractivity contribution in [2.75, 3.05) is 40.5 Å². The van der Waals surface area contributed by atoms with Gasteiger partial charge in [0.2, 0.25) is 0 Å². The fourth-order valence-electron chi connectivity index (χ4n) is 1.33. The quantitative estimate of drug-likeness (QED) is 0.706. The lowest BCUT2D eigenvalue weighted by molar-refractivity contribution is 0.0632. The molecule has 1 rings (SSSR count). The van der Waals surface area contributed by atoms with Gasteiger partial charge < -0.3 is 14.4 Å². The summed E-state index contributed by atoms with van der Waals surface area (Å²) in [6.45, 7) is 2.16. The first-order valence-corrected chi connectivity index (χ1v) is 7.72. The molecule has 0 radical (unpaired) electrons. The first kappa shape index (κ1) is 16.1. The lowest BCUT2D eigenvalue weighted by Crippen LogP contribution is -2.36.